The van der Waals surface area contributed by atoms with Gasteiger partial charge in [-0.1, -0.05) is 18.2 Å². The zero-order chi connectivity index (χ0) is 17.9. The predicted molar refractivity (Wildman–Crippen MR) is 97.7 cm³/mol. The van der Waals surface area contributed by atoms with Crippen molar-refractivity contribution in [2.24, 2.45) is 0 Å². The highest BCUT2D eigenvalue weighted by Gasteiger charge is 2.23. The van der Waals surface area contributed by atoms with Crippen molar-refractivity contribution in [2.45, 2.75) is 24.3 Å². The van der Waals surface area contributed by atoms with Gasteiger partial charge in [0.25, 0.3) is 0 Å². The van der Waals surface area contributed by atoms with Gasteiger partial charge in [0.15, 0.2) is 0 Å². The highest BCUT2D eigenvalue weighted by molar-refractivity contribution is 7.89. The van der Waals surface area contributed by atoms with Crippen LogP contribution in [0.2, 0.25) is 0 Å². The molecule has 0 N–H and O–H groups in total. The molecule has 2 aromatic carbocycles. The van der Waals surface area contributed by atoms with Gasteiger partial charge in [-0.05, 0) is 48.7 Å². The number of hydrogen-bond acceptors (Lipinski definition) is 4. The van der Waals surface area contributed by atoms with Crippen molar-refractivity contribution in [3.05, 3.63) is 59.7 Å². The van der Waals surface area contributed by atoms with Gasteiger partial charge in [0.1, 0.15) is 0 Å². The summed E-state index contributed by atoms with van der Waals surface area (Å²) in [5, 5.41) is 8.86. The first-order chi connectivity index (χ1) is 12.0. The second kappa shape index (κ2) is 7.26. The molecule has 130 valence electrons. The van der Waals surface area contributed by atoms with Crippen molar-refractivity contribution >= 4 is 15.7 Å². The minimum absolute atomic E-state index is 0.202. The molecule has 0 unspecified atom stereocenters. The van der Waals surface area contributed by atoms with Crippen LogP contribution in [0, 0.1) is 11.3 Å². The summed E-state index contributed by atoms with van der Waals surface area (Å²) in [6.45, 7) is 2.35. The van der Waals surface area contributed by atoms with Gasteiger partial charge in [0, 0.05) is 32.4 Å². The first kappa shape index (κ1) is 17.5. The van der Waals surface area contributed by atoms with Crippen LogP contribution in [-0.4, -0.2) is 32.9 Å². The van der Waals surface area contributed by atoms with E-state index in [2.05, 4.69) is 11.0 Å². The summed E-state index contributed by atoms with van der Waals surface area (Å²) in [5.74, 6) is 0. The first-order valence-corrected chi connectivity index (χ1v) is 9.76. The fourth-order valence-corrected chi connectivity index (χ4v) is 4.27. The summed E-state index contributed by atoms with van der Waals surface area (Å²) in [5.41, 5.74) is 2.56. The smallest absolute Gasteiger partial charge is 0.243 e. The summed E-state index contributed by atoms with van der Waals surface area (Å²) in [6, 6.07) is 16.0. The first-order valence-electron chi connectivity index (χ1n) is 8.32. The van der Waals surface area contributed by atoms with E-state index in [0.717, 1.165) is 24.3 Å². The van der Waals surface area contributed by atoms with E-state index in [9.17, 15) is 8.42 Å². The van der Waals surface area contributed by atoms with E-state index in [-0.39, 0.29) is 4.90 Å². The number of benzene rings is 2. The molecule has 6 heteroatoms. The van der Waals surface area contributed by atoms with Crippen LogP contribution in [0.15, 0.2) is 53.4 Å². The number of rotatable bonds is 5. The Morgan fingerprint density at radius 3 is 2.36 bits per heavy atom. The van der Waals surface area contributed by atoms with Gasteiger partial charge in [0.05, 0.1) is 16.5 Å². The molecule has 0 amide bonds. The van der Waals surface area contributed by atoms with E-state index >= 15 is 0 Å². The molecule has 1 saturated heterocycles. The quantitative estimate of drug-likeness (QED) is 0.827. The van der Waals surface area contributed by atoms with Crippen LogP contribution in [-0.2, 0) is 16.6 Å². The number of nitriles is 1. The molecule has 0 saturated carbocycles. The molecule has 0 aromatic heterocycles. The molecule has 0 spiro atoms. The second-order valence-corrected chi connectivity index (χ2v) is 8.27. The lowest BCUT2D eigenvalue weighted by molar-refractivity contribution is 0.466. The van der Waals surface area contributed by atoms with E-state index in [0.29, 0.717) is 12.1 Å². The van der Waals surface area contributed by atoms with Crippen LogP contribution in [0.1, 0.15) is 24.0 Å². The van der Waals surface area contributed by atoms with Crippen LogP contribution < -0.4 is 4.90 Å². The molecular formula is C19H21N3O2S. The fraction of sp³-hybridized carbons (Fsp3) is 0.316. The minimum Gasteiger partial charge on any atom is -0.371 e. The van der Waals surface area contributed by atoms with Crippen molar-refractivity contribution < 1.29 is 8.42 Å². The van der Waals surface area contributed by atoms with Gasteiger partial charge >= 0.3 is 0 Å². The average Bonchev–Trinajstić information content (AvgIpc) is 3.16. The Labute approximate surface area is 149 Å². The van der Waals surface area contributed by atoms with Crippen LogP contribution in [0.3, 0.4) is 0 Å². The van der Waals surface area contributed by atoms with E-state index in [1.54, 1.807) is 7.05 Å². The molecule has 1 heterocycles. The lowest BCUT2D eigenvalue weighted by atomic mass is 10.1. The van der Waals surface area contributed by atoms with Gasteiger partial charge in [-0.2, -0.15) is 9.57 Å². The lowest BCUT2D eigenvalue weighted by Gasteiger charge is -2.24. The highest BCUT2D eigenvalue weighted by Crippen LogP contribution is 2.27. The standard InChI is InChI=1S/C19H21N3O2S/c1-21(25(23,24)18-10-8-16(14-20)9-11-18)15-17-6-2-3-7-19(17)22-12-4-5-13-22/h2-3,6-11H,4-5,12-13,15H2,1H3. The molecular weight excluding hydrogens is 334 g/mol. The van der Waals surface area contributed by atoms with Gasteiger partial charge in [-0.3, -0.25) is 0 Å². The molecule has 2 aromatic rings. The number of hydrogen-bond donors (Lipinski definition) is 0. The normalized spacial score (nSPS) is 14.7. The predicted octanol–water partition coefficient (Wildman–Crippen LogP) is 2.98. The van der Waals surface area contributed by atoms with Crippen molar-refractivity contribution in [1.82, 2.24) is 4.31 Å². The largest absolute Gasteiger partial charge is 0.371 e. The van der Waals surface area contributed by atoms with Crippen molar-refractivity contribution in [1.29, 1.82) is 5.26 Å². The molecule has 3 rings (SSSR count). The Bertz CT molecular complexity index is 880. The Kier molecular flexibility index (Phi) is 5.07. The topological polar surface area (TPSA) is 64.4 Å². The molecule has 25 heavy (non-hydrogen) atoms. The van der Waals surface area contributed by atoms with Crippen LogP contribution in [0.5, 0.6) is 0 Å². The molecule has 5 nitrogen and oxygen atoms in total. The maximum Gasteiger partial charge on any atom is 0.243 e. The Balaban J connectivity index is 1.84. The fourth-order valence-electron chi connectivity index (χ4n) is 3.12. The monoisotopic (exact) mass is 355 g/mol. The number of anilines is 1. The third-order valence-electron chi connectivity index (χ3n) is 4.52. The molecule has 0 bridgehead atoms. The Morgan fingerprint density at radius 2 is 1.72 bits per heavy atom. The zero-order valence-corrected chi connectivity index (χ0v) is 15.0. The van der Waals surface area contributed by atoms with Crippen molar-refractivity contribution in [3.63, 3.8) is 0 Å². The number of nitrogens with zero attached hydrogens (tertiary/aromatic N) is 3. The maximum absolute atomic E-state index is 12.8. The summed E-state index contributed by atoms with van der Waals surface area (Å²) in [6.07, 6.45) is 2.35. The summed E-state index contributed by atoms with van der Waals surface area (Å²) < 4.78 is 27.0. The van der Waals surface area contributed by atoms with E-state index < -0.39 is 10.0 Å². The Hall–Kier alpha value is -2.36. The summed E-state index contributed by atoms with van der Waals surface area (Å²) in [7, 11) is -2.01. The average molecular weight is 355 g/mol. The van der Waals surface area contributed by atoms with Gasteiger partial charge in [-0.15, -0.1) is 0 Å². The maximum atomic E-state index is 12.8. The van der Waals surface area contributed by atoms with E-state index in [4.69, 9.17) is 5.26 Å². The Morgan fingerprint density at radius 1 is 1.08 bits per heavy atom. The number of sulfonamides is 1. The second-order valence-electron chi connectivity index (χ2n) is 6.22. The van der Waals surface area contributed by atoms with Gasteiger partial charge < -0.3 is 4.90 Å². The summed E-state index contributed by atoms with van der Waals surface area (Å²) in [4.78, 5) is 2.52. The van der Waals surface area contributed by atoms with Crippen LogP contribution >= 0.6 is 0 Å². The van der Waals surface area contributed by atoms with Crippen molar-refractivity contribution in [2.75, 3.05) is 25.0 Å². The van der Waals surface area contributed by atoms with Crippen LogP contribution in [0.4, 0.5) is 5.69 Å². The third kappa shape index (κ3) is 3.68. The molecule has 0 radical (unpaired) electrons. The van der Waals surface area contributed by atoms with Crippen molar-refractivity contribution in [3.8, 4) is 6.07 Å². The molecule has 1 aliphatic rings. The molecule has 0 atom stereocenters. The van der Waals surface area contributed by atoms with Gasteiger partial charge in [-0.25, -0.2) is 8.42 Å². The zero-order valence-electron chi connectivity index (χ0n) is 14.2. The SMILES string of the molecule is CN(Cc1ccccc1N1CCCC1)S(=O)(=O)c1ccc(C#N)cc1. The van der Waals surface area contributed by atoms with E-state index in [1.165, 1.54) is 41.4 Å². The van der Waals surface area contributed by atoms with E-state index in [1.807, 2.05) is 24.3 Å². The van der Waals surface area contributed by atoms with Gasteiger partial charge in [0.2, 0.25) is 10.0 Å². The molecule has 0 aliphatic carbocycles. The third-order valence-corrected chi connectivity index (χ3v) is 6.34. The minimum atomic E-state index is -3.60. The number of para-hydroxylation sites is 1. The molecule has 1 aliphatic heterocycles. The van der Waals surface area contributed by atoms with Crippen LogP contribution in [0.25, 0.3) is 0 Å². The highest BCUT2D eigenvalue weighted by atomic mass is 32.2. The summed E-state index contributed by atoms with van der Waals surface area (Å²) >= 11 is 0. The molecule has 1 fully saturated rings. The lowest BCUT2D eigenvalue weighted by Crippen LogP contribution is -2.28.